The first-order valence-corrected chi connectivity index (χ1v) is 7.34. The van der Waals surface area contributed by atoms with Crippen LogP contribution in [0.5, 0.6) is 0 Å². The first-order valence-electron chi connectivity index (χ1n) is 6.96. The van der Waals surface area contributed by atoms with E-state index >= 15 is 0 Å². The van der Waals surface area contributed by atoms with E-state index in [0.717, 1.165) is 24.2 Å². The summed E-state index contributed by atoms with van der Waals surface area (Å²) in [7, 11) is 1.67. The number of nitrogens with zero attached hydrogens (tertiary/aromatic N) is 4. The van der Waals surface area contributed by atoms with E-state index in [2.05, 4.69) is 27.3 Å². The molecule has 2 rings (SSSR count). The molecule has 114 valence electrons. The Bertz CT molecular complexity index is 546. The lowest BCUT2D eigenvalue weighted by Gasteiger charge is -2.20. The smallest absolute Gasteiger partial charge is 0.115 e. The van der Waals surface area contributed by atoms with Crippen molar-refractivity contribution in [3.8, 4) is 0 Å². The van der Waals surface area contributed by atoms with Gasteiger partial charge in [0.15, 0.2) is 0 Å². The van der Waals surface area contributed by atoms with Crippen molar-refractivity contribution in [2.45, 2.75) is 25.9 Å². The highest BCUT2D eigenvalue weighted by Crippen LogP contribution is 2.27. The summed E-state index contributed by atoms with van der Waals surface area (Å²) >= 11 is 6.34. The van der Waals surface area contributed by atoms with E-state index in [9.17, 15) is 0 Å². The van der Waals surface area contributed by atoms with Gasteiger partial charge in [0.25, 0.3) is 0 Å². The van der Waals surface area contributed by atoms with Gasteiger partial charge < -0.3 is 10.1 Å². The molecule has 2 heterocycles. The zero-order valence-electron chi connectivity index (χ0n) is 12.3. The number of aromatic nitrogens is 4. The molecular formula is C14H20ClN5O. The van der Waals surface area contributed by atoms with E-state index < -0.39 is 0 Å². The number of hydrogen-bond donors (Lipinski definition) is 1. The first-order chi connectivity index (χ1) is 10.3. The molecule has 0 radical (unpaired) electrons. The normalized spacial score (nSPS) is 12.5. The second-order valence-corrected chi connectivity index (χ2v) is 5.06. The second kappa shape index (κ2) is 8.07. The maximum Gasteiger partial charge on any atom is 0.115 e. The van der Waals surface area contributed by atoms with Gasteiger partial charge in [0.05, 0.1) is 36.1 Å². The second-order valence-electron chi connectivity index (χ2n) is 4.65. The number of halogens is 1. The van der Waals surface area contributed by atoms with Gasteiger partial charge in [-0.3, -0.25) is 4.68 Å². The fraction of sp³-hybridized carbons (Fsp3) is 0.500. The molecule has 1 N–H and O–H groups in total. The molecule has 0 fully saturated rings. The third kappa shape index (κ3) is 4.00. The van der Waals surface area contributed by atoms with Crippen molar-refractivity contribution in [1.82, 2.24) is 25.1 Å². The number of ether oxygens (including phenoxy) is 1. The number of nitrogens with one attached hydrogen (secondary N) is 1. The molecule has 2 aromatic rings. The minimum Gasteiger partial charge on any atom is -0.383 e. The topological polar surface area (TPSA) is 64.9 Å². The molecule has 0 aliphatic rings. The average Bonchev–Trinajstić information content (AvgIpc) is 2.88. The number of methoxy groups -OCH3 is 1. The molecule has 21 heavy (non-hydrogen) atoms. The summed E-state index contributed by atoms with van der Waals surface area (Å²) in [5.74, 6) is 0. The maximum atomic E-state index is 6.34. The fourth-order valence-electron chi connectivity index (χ4n) is 2.14. The van der Waals surface area contributed by atoms with Gasteiger partial charge in [0.2, 0.25) is 0 Å². The van der Waals surface area contributed by atoms with Crippen LogP contribution < -0.4 is 5.32 Å². The van der Waals surface area contributed by atoms with Gasteiger partial charge in [-0.2, -0.15) is 5.10 Å². The Hall–Kier alpha value is -1.50. The van der Waals surface area contributed by atoms with Crippen LogP contribution in [0.15, 0.2) is 24.9 Å². The van der Waals surface area contributed by atoms with Crippen molar-refractivity contribution >= 4 is 11.6 Å². The van der Waals surface area contributed by atoms with E-state index in [-0.39, 0.29) is 6.04 Å². The van der Waals surface area contributed by atoms with E-state index in [0.29, 0.717) is 18.2 Å². The molecule has 0 saturated carbocycles. The molecule has 6 nitrogen and oxygen atoms in total. The molecule has 0 aromatic carbocycles. The van der Waals surface area contributed by atoms with Gasteiger partial charge in [-0.15, -0.1) is 0 Å². The summed E-state index contributed by atoms with van der Waals surface area (Å²) < 4.78 is 6.99. The SMILES string of the molecule is CCCNC(c1cncnc1)c1c(Cl)cnn1CCOC. The molecule has 0 spiro atoms. The zero-order valence-corrected chi connectivity index (χ0v) is 13.0. The van der Waals surface area contributed by atoms with Gasteiger partial charge >= 0.3 is 0 Å². The first kappa shape index (κ1) is 15.9. The summed E-state index contributed by atoms with van der Waals surface area (Å²) in [6.07, 6.45) is 7.80. The highest BCUT2D eigenvalue weighted by molar-refractivity contribution is 6.31. The lowest BCUT2D eigenvalue weighted by atomic mass is 10.1. The van der Waals surface area contributed by atoms with Crippen LogP contribution in [0.2, 0.25) is 5.02 Å². The summed E-state index contributed by atoms with van der Waals surface area (Å²) in [5, 5.41) is 8.44. The van der Waals surface area contributed by atoms with Crippen LogP contribution in [0.25, 0.3) is 0 Å². The Morgan fingerprint density at radius 3 is 2.76 bits per heavy atom. The number of rotatable bonds is 8. The minimum atomic E-state index is -0.0852. The predicted octanol–water partition coefficient (Wildman–Crippen LogP) is 2.06. The highest BCUT2D eigenvalue weighted by atomic mass is 35.5. The van der Waals surface area contributed by atoms with Gasteiger partial charge in [-0.05, 0) is 13.0 Å². The van der Waals surface area contributed by atoms with Crippen molar-refractivity contribution in [3.63, 3.8) is 0 Å². The lowest BCUT2D eigenvalue weighted by Crippen LogP contribution is -2.27. The van der Waals surface area contributed by atoms with Crippen molar-refractivity contribution in [2.24, 2.45) is 0 Å². The molecule has 0 aliphatic carbocycles. The molecule has 0 aliphatic heterocycles. The van der Waals surface area contributed by atoms with Crippen LogP contribution in [0.4, 0.5) is 0 Å². The lowest BCUT2D eigenvalue weighted by molar-refractivity contribution is 0.182. The highest BCUT2D eigenvalue weighted by Gasteiger charge is 2.22. The third-order valence-electron chi connectivity index (χ3n) is 3.13. The molecule has 0 amide bonds. The van der Waals surface area contributed by atoms with Crippen LogP contribution in [-0.4, -0.2) is 40.0 Å². The van der Waals surface area contributed by atoms with E-state index in [1.807, 2.05) is 4.68 Å². The van der Waals surface area contributed by atoms with Gasteiger partial charge in [0, 0.05) is 25.1 Å². The van der Waals surface area contributed by atoms with E-state index in [4.69, 9.17) is 16.3 Å². The summed E-state index contributed by atoms with van der Waals surface area (Å²) in [5.41, 5.74) is 1.88. The Kier molecular flexibility index (Phi) is 6.10. The summed E-state index contributed by atoms with van der Waals surface area (Å²) in [4.78, 5) is 8.19. The van der Waals surface area contributed by atoms with Crippen molar-refractivity contribution in [3.05, 3.63) is 41.2 Å². The van der Waals surface area contributed by atoms with Crippen LogP contribution in [-0.2, 0) is 11.3 Å². The standard InChI is InChI=1S/C14H20ClN5O/c1-3-4-18-13(11-7-16-10-17-8-11)14-12(15)9-19-20(14)5-6-21-2/h7-10,13,18H,3-6H2,1-2H3. The van der Waals surface area contributed by atoms with Crippen LogP contribution in [0.3, 0.4) is 0 Å². The molecule has 2 aromatic heterocycles. The Morgan fingerprint density at radius 2 is 2.10 bits per heavy atom. The molecule has 1 atom stereocenters. The fourth-order valence-corrected chi connectivity index (χ4v) is 2.39. The molecule has 7 heteroatoms. The van der Waals surface area contributed by atoms with E-state index in [1.165, 1.54) is 6.33 Å². The molecule has 0 bridgehead atoms. The Balaban J connectivity index is 2.34. The van der Waals surface area contributed by atoms with Gasteiger partial charge in [0.1, 0.15) is 6.33 Å². The van der Waals surface area contributed by atoms with Crippen LogP contribution in [0.1, 0.15) is 30.6 Å². The number of hydrogen-bond acceptors (Lipinski definition) is 5. The van der Waals surface area contributed by atoms with Crippen LogP contribution in [0, 0.1) is 0 Å². The average molecular weight is 310 g/mol. The molecular weight excluding hydrogens is 290 g/mol. The summed E-state index contributed by atoms with van der Waals surface area (Å²) in [6, 6.07) is -0.0852. The molecule has 1 unspecified atom stereocenters. The van der Waals surface area contributed by atoms with Crippen molar-refractivity contribution < 1.29 is 4.74 Å². The summed E-state index contributed by atoms with van der Waals surface area (Å²) in [6.45, 7) is 4.22. The van der Waals surface area contributed by atoms with E-state index in [1.54, 1.807) is 25.7 Å². The third-order valence-corrected chi connectivity index (χ3v) is 3.42. The maximum absolute atomic E-state index is 6.34. The Morgan fingerprint density at radius 1 is 1.33 bits per heavy atom. The minimum absolute atomic E-state index is 0.0852. The van der Waals surface area contributed by atoms with Crippen LogP contribution >= 0.6 is 11.6 Å². The van der Waals surface area contributed by atoms with Crippen molar-refractivity contribution in [1.29, 1.82) is 0 Å². The monoisotopic (exact) mass is 309 g/mol. The van der Waals surface area contributed by atoms with Crippen molar-refractivity contribution in [2.75, 3.05) is 20.3 Å². The largest absolute Gasteiger partial charge is 0.383 e. The predicted molar refractivity (Wildman–Crippen MR) is 81.3 cm³/mol. The molecule has 0 saturated heterocycles. The van der Waals surface area contributed by atoms with Gasteiger partial charge in [-0.1, -0.05) is 18.5 Å². The zero-order chi connectivity index (χ0) is 15.1. The quantitative estimate of drug-likeness (QED) is 0.808. The van der Waals surface area contributed by atoms with Gasteiger partial charge in [-0.25, -0.2) is 9.97 Å². The Labute approximate surface area is 129 Å².